The molecular formula is C18H24N2O2. The van der Waals surface area contributed by atoms with Gasteiger partial charge in [0.05, 0.1) is 6.54 Å². The molecule has 1 aromatic rings. The summed E-state index contributed by atoms with van der Waals surface area (Å²) in [4.78, 5) is 17.4. The van der Waals surface area contributed by atoms with E-state index in [1.807, 2.05) is 25.4 Å². The van der Waals surface area contributed by atoms with Gasteiger partial charge in [0.25, 0.3) is 0 Å². The van der Waals surface area contributed by atoms with E-state index >= 15 is 0 Å². The second kappa shape index (κ2) is 8.55. The first-order valence-corrected chi connectivity index (χ1v) is 7.90. The first-order chi connectivity index (χ1) is 10.6. The van der Waals surface area contributed by atoms with Gasteiger partial charge in [0, 0.05) is 32.3 Å². The van der Waals surface area contributed by atoms with Gasteiger partial charge in [0.15, 0.2) is 0 Å². The van der Waals surface area contributed by atoms with Gasteiger partial charge in [-0.05, 0) is 43.9 Å². The maximum atomic E-state index is 10.8. The highest BCUT2D eigenvalue weighted by Gasteiger charge is 2.20. The van der Waals surface area contributed by atoms with Crippen LogP contribution < -0.4 is 0 Å². The summed E-state index contributed by atoms with van der Waals surface area (Å²) in [5.41, 5.74) is 1.32. The average Bonchev–Trinajstić information content (AvgIpc) is 2.52. The van der Waals surface area contributed by atoms with E-state index in [0.717, 1.165) is 19.6 Å². The number of hydrogen-bond donors (Lipinski definition) is 0. The molecule has 2 rings (SSSR count). The molecule has 0 radical (unpaired) electrons. The Kier molecular flexibility index (Phi) is 6.42. The third kappa shape index (κ3) is 5.50. The van der Waals surface area contributed by atoms with Gasteiger partial charge in [-0.2, -0.15) is 0 Å². The third-order valence-corrected chi connectivity index (χ3v) is 3.85. The Labute approximate surface area is 132 Å². The summed E-state index contributed by atoms with van der Waals surface area (Å²) in [6.07, 6.45) is 6.68. The van der Waals surface area contributed by atoms with Gasteiger partial charge >= 0.3 is 5.97 Å². The zero-order chi connectivity index (χ0) is 15.8. The molecule has 22 heavy (non-hydrogen) atoms. The minimum Gasteiger partial charge on any atom is -0.462 e. The summed E-state index contributed by atoms with van der Waals surface area (Å²) in [5, 5.41) is 0. The fourth-order valence-corrected chi connectivity index (χ4v) is 2.80. The number of aromatic nitrogens is 1. The molecule has 4 heteroatoms. The SMILES string of the molecule is CC(=O)O[C@@H](C)CC#CCN1CCC[C@H](c2cccnc2)C1. The van der Waals surface area contributed by atoms with Gasteiger partial charge < -0.3 is 4.74 Å². The smallest absolute Gasteiger partial charge is 0.302 e. The Morgan fingerprint density at radius 1 is 1.55 bits per heavy atom. The number of likely N-dealkylation sites (tertiary alicyclic amines) is 1. The Morgan fingerprint density at radius 2 is 2.41 bits per heavy atom. The molecule has 0 spiro atoms. The number of piperidine rings is 1. The summed E-state index contributed by atoms with van der Waals surface area (Å²) in [5.74, 6) is 6.63. The van der Waals surface area contributed by atoms with Gasteiger partial charge in [0.1, 0.15) is 6.10 Å². The highest BCUT2D eigenvalue weighted by molar-refractivity contribution is 5.66. The van der Waals surface area contributed by atoms with E-state index in [-0.39, 0.29) is 12.1 Å². The summed E-state index contributed by atoms with van der Waals surface area (Å²) in [6, 6.07) is 4.16. The number of carbonyl (C=O) groups is 1. The molecule has 0 bridgehead atoms. The fraction of sp³-hybridized carbons (Fsp3) is 0.556. The maximum absolute atomic E-state index is 10.8. The zero-order valence-electron chi connectivity index (χ0n) is 13.4. The van der Waals surface area contributed by atoms with E-state index in [0.29, 0.717) is 12.3 Å². The summed E-state index contributed by atoms with van der Waals surface area (Å²) >= 11 is 0. The van der Waals surface area contributed by atoms with Crippen LogP contribution in [0.2, 0.25) is 0 Å². The Hall–Kier alpha value is -1.86. The third-order valence-electron chi connectivity index (χ3n) is 3.85. The van der Waals surface area contributed by atoms with Crippen LogP contribution in [0.25, 0.3) is 0 Å². The Morgan fingerprint density at radius 3 is 3.14 bits per heavy atom. The van der Waals surface area contributed by atoms with Crippen molar-refractivity contribution in [1.29, 1.82) is 0 Å². The second-order valence-corrected chi connectivity index (χ2v) is 5.84. The lowest BCUT2D eigenvalue weighted by Crippen LogP contribution is -2.34. The lowest BCUT2D eigenvalue weighted by atomic mass is 9.92. The molecule has 1 aromatic heterocycles. The highest BCUT2D eigenvalue weighted by Crippen LogP contribution is 2.25. The predicted molar refractivity (Wildman–Crippen MR) is 86.3 cm³/mol. The molecule has 0 N–H and O–H groups in total. The number of rotatable bonds is 4. The molecule has 1 aliphatic heterocycles. The van der Waals surface area contributed by atoms with Crippen molar-refractivity contribution in [3.05, 3.63) is 30.1 Å². The lowest BCUT2D eigenvalue weighted by Gasteiger charge is -2.31. The van der Waals surface area contributed by atoms with Crippen molar-refractivity contribution in [2.75, 3.05) is 19.6 Å². The van der Waals surface area contributed by atoms with Crippen molar-refractivity contribution in [1.82, 2.24) is 9.88 Å². The molecule has 2 atom stereocenters. The topological polar surface area (TPSA) is 42.4 Å². The Balaban J connectivity index is 1.78. The first-order valence-electron chi connectivity index (χ1n) is 7.90. The van der Waals surface area contributed by atoms with Gasteiger partial charge in [0.2, 0.25) is 0 Å². The van der Waals surface area contributed by atoms with Crippen LogP contribution in [0.3, 0.4) is 0 Å². The highest BCUT2D eigenvalue weighted by atomic mass is 16.5. The van der Waals surface area contributed by atoms with Crippen LogP contribution in [-0.2, 0) is 9.53 Å². The minimum absolute atomic E-state index is 0.130. The van der Waals surface area contributed by atoms with E-state index < -0.39 is 0 Å². The number of nitrogens with zero attached hydrogens (tertiary/aromatic N) is 2. The van der Waals surface area contributed by atoms with Gasteiger partial charge in [-0.15, -0.1) is 0 Å². The van der Waals surface area contributed by atoms with E-state index in [1.165, 1.54) is 25.3 Å². The normalized spacial score (nSPS) is 19.8. The predicted octanol–water partition coefficient (Wildman–Crippen LogP) is 2.61. The van der Waals surface area contributed by atoms with E-state index in [9.17, 15) is 4.79 Å². The van der Waals surface area contributed by atoms with Crippen molar-refractivity contribution >= 4 is 5.97 Å². The second-order valence-electron chi connectivity index (χ2n) is 5.84. The quantitative estimate of drug-likeness (QED) is 0.633. The van der Waals surface area contributed by atoms with Crippen molar-refractivity contribution < 1.29 is 9.53 Å². The summed E-state index contributed by atoms with van der Waals surface area (Å²) in [6.45, 7) is 6.22. The molecule has 1 aliphatic rings. The van der Waals surface area contributed by atoms with Gasteiger partial charge in [-0.25, -0.2) is 0 Å². The van der Waals surface area contributed by atoms with Crippen LogP contribution >= 0.6 is 0 Å². The number of carbonyl (C=O) groups excluding carboxylic acids is 1. The minimum atomic E-state index is -0.246. The van der Waals surface area contributed by atoms with Gasteiger partial charge in [-0.1, -0.05) is 17.9 Å². The standard InChI is InChI=1S/C18H24N2O2/c1-15(22-16(2)21)7-3-4-11-20-12-6-9-18(14-20)17-8-5-10-19-13-17/h5,8,10,13,15,18H,6-7,9,11-12,14H2,1-2H3/t15-,18-/m0/s1. The number of hydrogen-bond acceptors (Lipinski definition) is 4. The first kappa shape index (κ1) is 16.5. The lowest BCUT2D eigenvalue weighted by molar-refractivity contribution is -0.145. The molecule has 118 valence electrons. The van der Waals surface area contributed by atoms with Crippen molar-refractivity contribution in [3.8, 4) is 11.8 Å². The number of esters is 1. The summed E-state index contributed by atoms with van der Waals surface area (Å²) in [7, 11) is 0. The number of pyridine rings is 1. The van der Waals surface area contributed by atoms with Crippen molar-refractivity contribution in [2.24, 2.45) is 0 Å². The molecule has 0 aliphatic carbocycles. The van der Waals surface area contributed by atoms with Crippen LogP contribution in [0.15, 0.2) is 24.5 Å². The fourth-order valence-electron chi connectivity index (χ4n) is 2.80. The van der Waals surface area contributed by atoms with E-state index in [4.69, 9.17) is 4.74 Å². The molecule has 0 amide bonds. The molecule has 0 unspecified atom stereocenters. The summed E-state index contributed by atoms with van der Waals surface area (Å²) < 4.78 is 5.06. The zero-order valence-corrected chi connectivity index (χ0v) is 13.4. The maximum Gasteiger partial charge on any atom is 0.302 e. The molecule has 0 saturated carbocycles. The van der Waals surface area contributed by atoms with Crippen LogP contribution in [-0.4, -0.2) is 41.6 Å². The molecule has 1 saturated heterocycles. The van der Waals surface area contributed by atoms with Crippen molar-refractivity contribution in [2.45, 2.75) is 45.1 Å². The van der Waals surface area contributed by atoms with Crippen LogP contribution in [0, 0.1) is 11.8 Å². The molecular weight excluding hydrogens is 276 g/mol. The largest absolute Gasteiger partial charge is 0.462 e. The van der Waals surface area contributed by atoms with Crippen LogP contribution in [0.1, 0.15) is 44.6 Å². The van der Waals surface area contributed by atoms with Crippen molar-refractivity contribution in [3.63, 3.8) is 0 Å². The molecule has 0 aromatic carbocycles. The molecule has 1 fully saturated rings. The van der Waals surface area contributed by atoms with Gasteiger partial charge in [-0.3, -0.25) is 14.7 Å². The molecule has 4 nitrogen and oxygen atoms in total. The average molecular weight is 300 g/mol. The monoisotopic (exact) mass is 300 g/mol. The van der Waals surface area contributed by atoms with E-state index in [1.54, 1.807) is 0 Å². The van der Waals surface area contributed by atoms with E-state index in [2.05, 4.69) is 27.8 Å². The Bertz CT molecular complexity index is 533. The van der Waals surface area contributed by atoms with Crippen LogP contribution in [0.4, 0.5) is 0 Å². The molecule has 2 heterocycles. The number of ether oxygens (including phenoxy) is 1. The van der Waals surface area contributed by atoms with Crippen LogP contribution in [0.5, 0.6) is 0 Å².